The minimum atomic E-state index is 0.544. The number of benzene rings is 7. The molecular weight excluding hydrogens is 677 g/mol. The van der Waals surface area contributed by atoms with E-state index in [0.29, 0.717) is 46.4 Å². The highest BCUT2D eigenvalue weighted by Gasteiger charge is 2.15. The van der Waals surface area contributed by atoms with Crippen LogP contribution in [0.3, 0.4) is 0 Å². The first-order chi connectivity index (χ1) is 27.2. The van der Waals surface area contributed by atoms with Crippen LogP contribution in [0.25, 0.3) is 79.5 Å². The number of ether oxygens (including phenoxy) is 1. The third-order valence-electron chi connectivity index (χ3n) is 9.04. The minimum Gasteiger partial charge on any atom is -0.457 e. The topological polar surface area (TPSA) is 86.6 Å². The van der Waals surface area contributed by atoms with Crippen molar-refractivity contribution in [1.82, 2.24) is 29.9 Å². The summed E-state index contributed by atoms with van der Waals surface area (Å²) in [6.07, 6.45) is 0. The summed E-state index contributed by atoms with van der Waals surface area (Å²) in [5, 5.41) is 0. The highest BCUT2D eigenvalue weighted by atomic mass is 16.5. The largest absolute Gasteiger partial charge is 0.457 e. The number of hydrogen-bond donors (Lipinski definition) is 0. The number of nitrogens with zero attached hydrogens (tertiary/aromatic N) is 6. The fourth-order valence-electron chi connectivity index (χ4n) is 6.26. The Morgan fingerprint density at radius 2 is 0.473 bits per heavy atom. The molecule has 0 aliphatic heterocycles. The molecule has 9 aromatic rings. The van der Waals surface area contributed by atoms with Gasteiger partial charge in [0.05, 0.1) is 0 Å². The number of rotatable bonds is 9. The van der Waals surface area contributed by atoms with Crippen LogP contribution < -0.4 is 4.74 Å². The maximum atomic E-state index is 6.48. The van der Waals surface area contributed by atoms with E-state index < -0.39 is 0 Å². The Morgan fingerprint density at radius 1 is 0.218 bits per heavy atom. The molecule has 0 amide bonds. The molecule has 260 valence electrons. The maximum absolute atomic E-state index is 6.48. The molecular formula is C48H32N6O. The lowest BCUT2D eigenvalue weighted by atomic mass is 10.0. The molecule has 0 aliphatic rings. The lowest BCUT2D eigenvalue weighted by molar-refractivity contribution is 0.483. The van der Waals surface area contributed by atoms with Crippen molar-refractivity contribution in [3.05, 3.63) is 194 Å². The summed E-state index contributed by atoms with van der Waals surface area (Å²) in [5.74, 6) is 4.74. The molecule has 0 radical (unpaired) electrons. The van der Waals surface area contributed by atoms with E-state index in [0.717, 1.165) is 44.5 Å². The average Bonchev–Trinajstić information content (AvgIpc) is 3.27. The first-order valence-corrected chi connectivity index (χ1v) is 17.9. The SMILES string of the molecule is c1ccc(-c2ccc(-c3nc(-c4ccccc4)nc(-c4cccc(Oc5cccc(-c6nc(-c7ccccc7)nc(-c7ccccc7)n6)c5)c4)n3)cc2)cc1. The van der Waals surface area contributed by atoms with Crippen molar-refractivity contribution in [2.45, 2.75) is 0 Å². The van der Waals surface area contributed by atoms with Crippen LogP contribution in [0.1, 0.15) is 0 Å². The Kier molecular flexibility index (Phi) is 9.15. The van der Waals surface area contributed by atoms with E-state index >= 15 is 0 Å². The lowest BCUT2D eigenvalue weighted by Crippen LogP contribution is -2.00. The second kappa shape index (κ2) is 15.1. The first-order valence-electron chi connectivity index (χ1n) is 17.9. The predicted molar refractivity (Wildman–Crippen MR) is 218 cm³/mol. The molecule has 0 spiro atoms. The molecule has 0 N–H and O–H groups in total. The molecule has 2 heterocycles. The Morgan fingerprint density at radius 3 is 0.836 bits per heavy atom. The molecule has 2 aromatic heterocycles. The second-order valence-electron chi connectivity index (χ2n) is 12.8. The molecule has 0 saturated heterocycles. The number of hydrogen-bond acceptors (Lipinski definition) is 7. The molecule has 0 atom stereocenters. The summed E-state index contributed by atoms with van der Waals surface area (Å²) in [4.78, 5) is 29.4. The van der Waals surface area contributed by atoms with Crippen LogP contribution in [0.15, 0.2) is 194 Å². The monoisotopic (exact) mass is 708 g/mol. The average molecular weight is 709 g/mol. The third-order valence-corrected chi connectivity index (χ3v) is 9.04. The van der Waals surface area contributed by atoms with Crippen LogP contribution in [0.5, 0.6) is 11.5 Å². The summed E-state index contributed by atoms with van der Waals surface area (Å²) in [6, 6.07) is 64.0. The standard InChI is InChI=1S/C48H32N6O/c1-5-15-33(16-6-1)34-27-29-38(30-28-34)46-50-45(37-21-11-4-12-22-37)53-48(54-46)40-24-14-26-42(32-40)55-41-25-13-23-39(31-41)47-51-43(35-17-7-2-8-18-35)49-44(52-47)36-19-9-3-10-20-36/h1-32H. The highest BCUT2D eigenvalue weighted by Crippen LogP contribution is 2.32. The Balaban J connectivity index is 1.05. The molecule has 0 saturated carbocycles. The summed E-state index contributed by atoms with van der Waals surface area (Å²) in [5.41, 5.74) is 7.50. The zero-order chi connectivity index (χ0) is 36.8. The van der Waals surface area contributed by atoms with E-state index in [1.807, 2.05) is 158 Å². The van der Waals surface area contributed by atoms with Gasteiger partial charge in [0.25, 0.3) is 0 Å². The van der Waals surface area contributed by atoms with Crippen molar-refractivity contribution in [3.63, 3.8) is 0 Å². The summed E-state index contributed by atoms with van der Waals surface area (Å²) >= 11 is 0. The molecule has 7 nitrogen and oxygen atoms in total. The zero-order valence-corrected chi connectivity index (χ0v) is 29.6. The van der Waals surface area contributed by atoms with Crippen LogP contribution in [-0.4, -0.2) is 29.9 Å². The summed E-state index contributed by atoms with van der Waals surface area (Å²) < 4.78 is 6.48. The maximum Gasteiger partial charge on any atom is 0.164 e. The molecule has 0 fully saturated rings. The van der Waals surface area contributed by atoms with Crippen molar-refractivity contribution in [1.29, 1.82) is 0 Å². The van der Waals surface area contributed by atoms with Gasteiger partial charge in [-0.1, -0.05) is 170 Å². The van der Waals surface area contributed by atoms with Gasteiger partial charge in [-0.2, -0.15) is 0 Å². The normalized spacial score (nSPS) is 10.9. The van der Waals surface area contributed by atoms with Crippen LogP contribution in [-0.2, 0) is 0 Å². The van der Waals surface area contributed by atoms with Crippen LogP contribution in [0.2, 0.25) is 0 Å². The quantitative estimate of drug-likeness (QED) is 0.147. The van der Waals surface area contributed by atoms with Crippen molar-refractivity contribution in [2.24, 2.45) is 0 Å². The highest BCUT2D eigenvalue weighted by molar-refractivity contribution is 5.71. The van der Waals surface area contributed by atoms with Gasteiger partial charge in [0.1, 0.15) is 11.5 Å². The molecule has 7 aromatic carbocycles. The van der Waals surface area contributed by atoms with Gasteiger partial charge in [-0.3, -0.25) is 0 Å². The summed E-state index contributed by atoms with van der Waals surface area (Å²) in [7, 11) is 0. The predicted octanol–water partition coefficient (Wildman–Crippen LogP) is 11.5. The van der Waals surface area contributed by atoms with Crippen LogP contribution >= 0.6 is 0 Å². The number of aromatic nitrogens is 6. The smallest absolute Gasteiger partial charge is 0.164 e. The van der Waals surface area contributed by atoms with E-state index in [1.54, 1.807) is 0 Å². The van der Waals surface area contributed by atoms with Crippen molar-refractivity contribution >= 4 is 0 Å². The third kappa shape index (κ3) is 7.49. The molecule has 55 heavy (non-hydrogen) atoms. The van der Waals surface area contributed by atoms with E-state index in [1.165, 1.54) is 0 Å². The minimum absolute atomic E-state index is 0.544. The molecule has 0 unspecified atom stereocenters. The first kappa shape index (κ1) is 33.2. The van der Waals surface area contributed by atoms with Gasteiger partial charge in [0.2, 0.25) is 0 Å². The zero-order valence-electron chi connectivity index (χ0n) is 29.6. The van der Waals surface area contributed by atoms with Crippen molar-refractivity contribution < 1.29 is 4.74 Å². The van der Waals surface area contributed by atoms with Crippen molar-refractivity contribution in [3.8, 4) is 91.0 Å². The Hall–Kier alpha value is -7.64. The fourth-order valence-corrected chi connectivity index (χ4v) is 6.26. The second-order valence-corrected chi connectivity index (χ2v) is 12.8. The van der Waals surface area contributed by atoms with E-state index in [4.69, 9.17) is 34.6 Å². The van der Waals surface area contributed by atoms with Gasteiger partial charge in [-0.15, -0.1) is 0 Å². The van der Waals surface area contributed by atoms with Gasteiger partial charge in [0, 0.05) is 33.4 Å². The van der Waals surface area contributed by atoms with E-state index in [-0.39, 0.29) is 0 Å². The fraction of sp³-hybridized carbons (Fsp3) is 0. The Labute approximate surface area is 318 Å². The van der Waals surface area contributed by atoms with Gasteiger partial charge >= 0.3 is 0 Å². The van der Waals surface area contributed by atoms with E-state index in [2.05, 4.69) is 36.4 Å². The van der Waals surface area contributed by atoms with Gasteiger partial charge in [-0.05, 0) is 35.4 Å². The van der Waals surface area contributed by atoms with Gasteiger partial charge < -0.3 is 4.74 Å². The van der Waals surface area contributed by atoms with E-state index in [9.17, 15) is 0 Å². The van der Waals surface area contributed by atoms with Crippen LogP contribution in [0, 0.1) is 0 Å². The molecule has 0 bridgehead atoms. The van der Waals surface area contributed by atoms with Gasteiger partial charge in [-0.25, -0.2) is 29.9 Å². The molecule has 0 aliphatic carbocycles. The Bertz CT molecular complexity index is 2650. The molecule has 9 rings (SSSR count). The molecule has 7 heteroatoms. The van der Waals surface area contributed by atoms with Gasteiger partial charge in [0.15, 0.2) is 34.9 Å². The van der Waals surface area contributed by atoms with Crippen molar-refractivity contribution in [2.75, 3.05) is 0 Å². The lowest BCUT2D eigenvalue weighted by Gasteiger charge is -2.11. The van der Waals surface area contributed by atoms with Crippen LogP contribution in [0.4, 0.5) is 0 Å². The summed E-state index contributed by atoms with van der Waals surface area (Å²) in [6.45, 7) is 0.